The first-order valence-corrected chi connectivity index (χ1v) is 9.56. The van der Waals surface area contributed by atoms with Crippen molar-refractivity contribution >= 4 is 23.2 Å². The van der Waals surface area contributed by atoms with Crippen LogP contribution in [0.5, 0.6) is 5.75 Å². The summed E-state index contributed by atoms with van der Waals surface area (Å²) in [6.45, 7) is 5.71. The molecule has 0 radical (unpaired) electrons. The van der Waals surface area contributed by atoms with Gasteiger partial charge in [0.15, 0.2) is 0 Å². The Morgan fingerprint density at radius 1 is 1.04 bits per heavy atom. The average Bonchev–Trinajstić information content (AvgIpc) is 3.23. The summed E-state index contributed by atoms with van der Waals surface area (Å²) in [6, 6.07) is 11.1. The van der Waals surface area contributed by atoms with Crippen LogP contribution in [-0.4, -0.2) is 43.5 Å². The van der Waals surface area contributed by atoms with Crippen molar-refractivity contribution in [2.24, 2.45) is 0 Å². The smallest absolute Gasteiger partial charge is 0.253 e. The van der Waals surface area contributed by atoms with Gasteiger partial charge in [0.05, 0.1) is 19.3 Å². The second kappa shape index (κ2) is 8.78. The topological polar surface area (TPSA) is 70.7 Å². The highest BCUT2D eigenvalue weighted by molar-refractivity contribution is 5.97. The minimum atomic E-state index is -0.165. The van der Waals surface area contributed by atoms with Crippen LogP contribution >= 0.6 is 0 Å². The molecule has 6 nitrogen and oxygen atoms in total. The molecule has 28 heavy (non-hydrogen) atoms. The van der Waals surface area contributed by atoms with E-state index in [1.165, 1.54) is 5.56 Å². The minimum Gasteiger partial charge on any atom is -0.495 e. The van der Waals surface area contributed by atoms with E-state index >= 15 is 0 Å². The van der Waals surface area contributed by atoms with E-state index < -0.39 is 0 Å². The van der Waals surface area contributed by atoms with Crippen LogP contribution in [0.1, 0.15) is 34.3 Å². The van der Waals surface area contributed by atoms with Gasteiger partial charge in [-0.25, -0.2) is 0 Å². The predicted octanol–water partition coefficient (Wildman–Crippen LogP) is 3.60. The van der Waals surface area contributed by atoms with E-state index in [-0.39, 0.29) is 18.4 Å². The van der Waals surface area contributed by atoms with Gasteiger partial charge in [-0.05, 0) is 68.1 Å². The summed E-state index contributed by atoms with van der Waals surface area (Å²) in [6.07, 6.45) is 2.09. The third kappa shape index (κ3) is 4.63. The lowest BCUT2D eigenvalue weighted by molar-refractivity contribution is -0.114. The summed E-state index contributed by atoms with van der Waals surface area (Å²) in [5, 5.41) is 5.97. The summed E-state index contributed by atoms with van der Waals surface area (Å²) >= 11 is 0. The number of likely N-dealkylation sites (tertiary alicyclic amines) is 1. The molecule has 6 heteroatoms. The Kier molecular flexibility index (Phi) is 6.19. The number of carbonyl (C=O) groups is 2. The zero-order valence-corrected chi connectivity index (χ0v) is 16.7. The maximum Gasteiger partial charge on any atom is 0.253 e. The van der Waals surface area contributed by atoms with Gasteiger partial charge in [0.2, 0.25) is 5.91 Å². The molecule has 0 aliphatic carbocycles. The average molecular weight is 381 g/mol. The monoisotopic (exact) mass is 381 g/mol. The number of hydrogen-bond acceptors (Lipinski definition) is 4. The number of rotatable bonds is 6. The van der Waals surface area contributed by atoms with Gasteiger partial charge < -0.3 is 20.3 Å². The quantitative estimate of drug-likeness (QED) is 0.802. The van der Waals surface area contributed by atoms with Gasteiger partial charge in [0.25, 0.3) is 5.91 Å². The maximum atomic E-state index is 12.6. The zero-order valence-electron chi connectivity index (χ0n) is 16.7. The number of nitrogens with one attached hydrogen (secondary N) is 2. The number of carbonyl (C=O) groups excluding carboxylic acids is 2. The molecule has 1 fully saturated rings. The van der Waals surface area contributed by atoms with Crippen LogP contribution in [0, 0.1) is 13.8 Å². The Balaban J connectivity index is 1.66. The molecule has 0 spiro atoms. The van der Waals surface area contributed by atoms with Crippen LogP contribution in [0.25, 0.3) is 0 Å². The fourth-order valence-corrected chi connectivity index (χ4v) is 3.28. The van der Waals surface area contributed by atoms with Crippen LogP contribution in [0.3, 0.4) is 0 Å². The lowest BCUT2D eigenvalue weighted by Gasteiger charge is -2.17. The van der Waals surface area contributed by atoms with Gasteiger partial charge in [-0.2, -0.15) is 0 Å². The molecule has 2 N–H and O–H groups in total. The first-order valence-electron chi connectivity index (χ1n) is 9.56. The first kappa shape index (κ1) is 19.7. The lowest BCUT2D eigenvalue weighted by atomic mass is 10.1. The third-order valence-corrected chi connectivity index (χ3v) is 5.07. The molecule has 2 aromatic carbocycles. The number of anilines is 2. The standard InChI is InChI=1S/C22H27N3O3/c1-15-6-8-18(12-16(15)2)24-21(26)14-23-19-13-17(7-9-20(19)28-3)22(27)25-10-4-5-11-25/h6-9,12-13,23H,4-5,10-11,14H2,1-3H3,(H,24,26). The van der Waals surface area contributed by atoms with Gasteiger partial charge in [-0.1, -0.05) is 6.07 Å². The summed E-state index contributed by atoms with van der Waals surface area (Å²) in [5.74, 6) is 0.446. The van der Waals surface area contributed by atoms with Crippen molar-refractivity contribution in [1.82, 2.24) is 4.90 Å². The Labute approximate surface area is 165 Å². The highest BCUT2D eigenvalue weighted by Crippen LogP contribution is 2.26. The Hall–Kier alpha value is -3.02. The second-order valence-electron chi connectivity index (χ2n) is 7.12. The largest absolute Gasteiger partial charge is 0.495 e. The van der Waals surface area contributed by atoms with E-state index in [2.05, 4.69) is 10.6 Å². The van der Waals surface area contributed by atoms with Gasteiger partial charge in [-0.3, -0.25) is 9.59 Å². The number of hydrogen-bond donors (Lipinski definition) is 2. The second-order valence-corrected chi connectivity index (χ2v) is 7.12. The van der Waals surface area contributed by atoms with Crippen molar-refractivity contribution in [2.75, 3.05) is 37.4 Å². The number of ether oxygens (including phenoxy) is 1. The number of methoxy groups -OCH3 is 1. The Morgan fingerprint density at radius 2 is 1.79 bits per heavy atom. The van der Waals surface area contributed by atoms with Crippen molar-refractivity contribution in [3.8, 4) is 5.75 Å². The van der Waals surface area contributed by atoms with E-state index in [0.717, 1.165) is 37.2 Å². The van der Waals surface area contributed by atoms with Gasteiger partial charge in [0.1, 0.15) is 5.75 Å². The number of benzene rings is 2. The minimum absolute atomic E-state index is 0.0165. The Morgan fingerprint density at radius 3 is 2.46 bits per heavy atom. The Bertz CT molecular complexity index is 873. The highest BCUT2D eigenvalue weighted by Gasteiger charge is 2.20. The molecule has 1 saturated heterocycles. The zero-order chi connectivity index (χ0) is 20.1. The molecule has 2 aromatic rings. The third-order valence-electron chi connectivity index (χ3n) is 5.07. The molecule has 0 atom stereocenters. The number of aryl methyl sites for hydroxylation is 2. The van der Waals surface area contributed by atoms with Crippen molar-refractivity contribution in [2.45, 2.75) is 26.7 Å². The number of amides is 2. The van der Waals surface area contributed by atoms with Crippen LogP contribution in [0.15, 0.2) is 36.4 Å². The molecule has 0 aromatic heterocycles. The molecule has 0 unspecified atom stereocenters. The van der Waals surface area contributed by atoms with Gasteiger partial charge >= 0.3 is 0 Å². The molecule has 2 amide bonds. The molecule has 1 heterocycles. The van der Waals surface area contributed by atoms with E-state index in [1.54, 1.807) is 25.3 Å². The maximum absolute atomic E-state index is 12.6. The summed E-state index contributed by atoms with van der Waals surface area (Å²) in [5.41, 5.74) is 4.29. The van der Waals surface area contributed by atoms with E-state index in [1.807, 2.05) is 36.9 Å². The predicted molar refractivity (Wildman–Crippen MR) is 111 cm³/mol. The van der Waals surface area contributed by atoms with Gasteiger partial charge in [0, 0.05) is 24.3 Å². The van der Waals surface area contributed by atoms with Crippen molar-refractivity contribution in [3.63, 3.8) is 0 Å². The van der Waals surface area contributed by atoms with Crippen LogP contribution in [-0.2, 0) is 4.79 Å². The molecule has 1 aliphatic heterocycles. The molecule has 3 rings (SSSR count). The van der Waals surface area contributed by atoms with Crippen molar-refractivity contribution < 1.29 is 14.3 Å². The fraction of sp³-hybridized carbons (Fsp3) is 0.364. The molecule has 0 saturated carbocycles. The van der Waals surface area contributed by atoms with Crippen LogP contribution < -0.4 is 15.4 Å². The number of nitrogens with zero attached hydrogens (tertiary/aromatic N) is 1. The van der Waals surface area contributed by atoms with E-state index in [9.17, 15) is 9.59 Å². The molecule has 1 aliphatic rings. The first-order chi connectivity index (χ1) is 13.5. The van der Waals surface area contributed by atoms with E-state index in [0.29, 0.717) is 17.0 Å². The van der Waals surface area contributed by atoms with Gasteiger partial charge in [-0.15, -0.1) is 0 Å². The summed E-state index contributed by atoms with van der Waals surface area (Å²) in [7, 11) is 1.57. The van der Waals surface area contributed by atoms with Crippen molar-refractivity contribution in [1.29, 1.82) is 0 Å². The summed E-state index contributed by atoms with van der Waals surface area (Å²) < 4.78 is 5.37. The fourth-order valence-electron chi connectivity index (χ4n) is 3.28. The summed E-state index contributed by atoms with van der Waals surface area (Å²) in [4.78, 5) is 26.8. The SMILES string of the molecule is COc1ccc(C(=O)N2CCCC2)cc1NCC(=O)Nc1ccc(C)c(C)c1. The van der Waals surface area contributed by atoms with Crippen molar-refractivity contribution in [3.05, 3.63) is 53.1 Å². The molecule has 148 valence electrons. The van der Waals surface area contributed by atoms with Crippen LogP contribution in [0.2, 0.25) is 0 Å². The molecular formula is C22H27N3O3. The molecular weight excluding hydrogens is 354 g/mol. The normalized spacial score (nSPS) is 13.3. The van der Waals surface area contributed by atoms with Crippen LogP contribution in [0.4, 0.5) is 11.4 Å². The highest BCUT2D eigenvalue weighted by atomic mass is 16.5. The lowest BCUT2D eigenvalue weighted by Crippen LogP contribution is -2.27. The molecule has 0 bridgehead atoms. The van der Waals surface area contributed by atoms with E-state index in [4.69, 9.17) is 4.74 Å².